The lowest BCUT2D eigenvalue weighted by Gasteiger charge is -2.22. The van der Waals surface area contributed by atoms with Crippen molar-refractivity contribution in [1.82, 2.24) is 0 Å². The van der Waals surface area contributed by atoms with E-state index in [9.17, 15) is 4.57 Å². The molecule has 16 heavy (non-hydrogen) atoms. The van der Waals surface area contributed by atoms with Crippen molar-refractivity contribution < 1.29 is 13.6 Å². The van der Waals surface area contributed by atoms with E-state index in [1.165, 1.54) is 0 Å². The second kappa shape index (κ2) is 5.97. The van der Waals surface area contributed by atoms with E-state index in [2.05, 4.69) is 0 Å². The molecule has 0 N–H and O–H groups in total. The van der Waals surface area contributed by atoms with Gasteiger partial charge in [0.2, 0.25) is 0 Å². The maximum Gasteiger partial charge on any atom is 0.336 e. The van der Waals surface area contributed by atoms with Gasteiger partial charge in [0.05, 0.1) is 18.4 Å². The van der Waals surface area contributed by atoms with Crippen LogP contribution >= 0.6 is 18.9 Å². The zero-order chi connectivity index (χ0) is 12.2. The average Bonchev–Trinajstić information content (AvgIpc) is 2.51. The van der Waals surface area contributed by atoms with Crippen LogP contribution in [0.1, 0.15) is 32.6 Å². The Morgan fingerprint density at radius 1 is 1.25 bits per heavy atom. The molecule has 0 aliphatic carbocycles. The van der Waals surface area contributed by atoms with Crippen molar-refractivity contribution in [3.8, 4) is 0 Å². The van der Waals surface area contributed by atoms with Gasteiger partial charge >= 0.3 is 7.60 Å². The van der Waals surface area contributed by atoms with E-state index in [1.807, 2.05) is 45.2 Å². The minimum Gasteiger partial charge on any atom is -0.306 e. The van der Waals surface area contributed by atoms with Crippen LogP contribution in [0.3, 0.4) is 0 Å². The van der Waals surface area contributed by atoms with Gasteiger partial charge in [-0.15, -0.1) is 11.3 Å². The van der Waals surface area contributed by atoms with Gasteiger partial charge in [-0.3, -0.25) is 4.57 Å². The fraction of sp³-hybridized carbons (Fsp3) is 0.636. The third kappa shape index (κ3) is 4.79. The summed E-state index contributed by atoms with van der Waals surface area (Å²) in [7, 11) is -3.01. The average molecular weight is 262 g/mol. The molecule has 0 saturated carbocycles. The van der Waals surface area contributed by atoms with E-state index in [4.69, 9.17) is 9.05 Å². The Morgan fingerprint density at radius 2 is 1.81 bits per heavy atom. The zero-order valence-corrected chi connectivity index (χ0v) is 11.9. The number of thiophene rings is 1. The predicted octanol–water partition coefficient (Wildman–Crippen LogP) is 4.29. The Bertz CT molecular complexity index is 332. The molecule has 1 aromatic heterocycles. The largest absolute Gasteiger partial charge is 0.336 e. The van der Waals surface area contributed by atoms with Gasteiger partial charge in [0.25, 0.3) is 0 Å². The van der Waals surface area contributed by atoms with Gasteiger partial charge in [0.15, 0.2) is 0 Å². The fourth-order valence-electron chi connectivity index (χ4n) is 1.34. The summed E-state index contributed by atoms with van der Waals surface area (Å²) >= 11 is 1.57. The molecule has 0 bridgehead atoms. The van der Waals surface area contributed by atoms with Crippen molar-refractivity contribution in [3.63, 3.8) is 0 Å². The monoisotopic (exact) mass is 262 g/mol. The molecule has 0 aromatic carbocycles. The van der Waals surface area contributed by atoms with E-state index >= 15 is 0 Å². The Labute approximate surface area is 101 Å². The summed E-state index contributed by atoms with van der Waals surface area (Å²) in [5.74, 6) is 0. The molecule has 5 heteroatoms. The lowest BCUT2D eigenvalue weighted by molar-refractivity contribution is 0.142. The Balaban J connectivity index is 2.74. The molecule has 0 amide bonds. The van der Waals surface area contributed by atoms with Crippen LogP contribution in [-0.2, 0) is 19.8 Å². The minimum absolute atomic E-state index is 0.0930. The highest BCUT2D eigenvalue weighted by atomic mass is 32.1. The first-order valence-corrected chi connectivity index (χ1v) is 8.00. The molecule has 92 valence electrons. The Morgan fingerprint density at radius 3 is 2.19 bits per heavy atom. The molecular weight excluding hydrogens is 243 g/mol. The van der Waals surface area contributed by atoms with Crippen LogP contribution < -0.4 is 0 Å². The molecule has 3 nitrogen and oxygen atoms in total. The summed E-state index contributed by atoms with van der Waals surface area (Å²) in [4.78, 5) is 1.03. The van der Waals surface area contributed by atoms with Gasteiger partial charge in [-0.2, -0.15) is 0 Å². The summed E-state index contributed by atoms with van der Waals surface area (Å²) in [6.07, 6.45) is 0.176. The second-order valence-electron chi connectivity index (χ2n) is 4.16. The highest BCUT2D eigenvalue weighted by Crippen LogP contribution is 2.53. The van der Waals surface area contributed by atoms with E-state index in [0.717, 1.165) is 4.88 Å². The smallest absolute Gasteiger partial charge is 0.306 e. The van der Waals surface area contributed by atoms with Crippen LogP contribution in [-0.4, -0.2) is 12.2 Å². The minimum atomic E-state index is -3.01. The van der Waals surface area contributed by atoms with Gasteiger partial charge in [-0.25, -0.2) is 0 Å². The van der Waals surface area contributed by atoms with Crippen molar-refractivity contribution in [2.24, 2.45) is 0 Å². The van der Waals surface area contributed by atoms with Crippen molar-refractivity contribution in [3.05, 3.63) is 22.4 Å². The Kier molecular flexibility index (Phi) is 5.19. The molecule has 0 spiro atoms. The Hall–Kier alpha value is -0.150. The van der Waals surface area contributed by atoms with Crippen LogP contribution in [0.5, 0.6) is 0 Å². The summed E-state index contributed by atoms with van der Waals surface area (Å²) in [5.41, 5.74) is 0. The molecule has 0 fully saturated rings. The topological polar surface area (TPSA) is 35.5 Å². The van der Waals surface area contributed by atoms with Gasteiger partial charge in [-0.05, 0) is 39.1 Å². The van der Waals surface area contributed by atoms with Crippen LogP contribution in [0.15, 0.2) is 17.5 Å². The van der Waals surface area contributed by atoms with E-state index in [-0.39, 0.29) is 12.2 Å². The van der Waals surface area contributed by atoms with Gasteiger partial charge < -0.3 is 9.05 Å². The summed E-state index contributed by atoms with van der Waals surface area (Å²) in [6.45, 7) is 7.46. The first-order chi connectivity index (χ1) is 7.41. The highest BCUT2D eigenvalue weighted by molar-refractivity contribution is 7.53. The molecule has 0 aliphatic rings. The van der Waals surface area contributed by atoms with Gasteiger partial charge in [0, 0.05) is 4.88 Å². The van der Waals surface area contributed by atoms with Crippen LogP contribution in [0.25, 0.3) is 0 Å². The highest BCUT2D eigenvalue weighted by Gasteiger charge is 2.28. The summed E-state index contributed by atoms with van der Waals surface area (Å²) in [5, 5.41) is 1.96. The van der Waals surface area contributed by atoms with Gasteiger partial charge in [-0.1, -0.05) is 6.07 Å². The molecule has 0 saturated heterocycles. The summed E-state index contributed by atoms with van der Waals surface area (Å²) in [6, 6.07) is 3.89. The van der Waals surface area contributed by atoms with E-state index in [1.54, 1.807) is 11.3 Å². The second-order valence-corrected chi connectivity index (χ2v) is 7.15. The van der Waals surface area contributed by atoms with Crippen LogP contribution in [0.2, 0.25) is 0 Å². The molecule has 0 atom stereocenters. The fourth-order valence-corrected chi connectivity index (χ4v) is 4.57. The maximum absolute atomic E-state index is 12.5. The number of rotatable bonds is 6. The molecule has 1 aromatic rings. The van der Waals surface area contributed by atoms with Crippen LogP contribution in [0.4, 0.5) is 0 Å². The summed E-state index contributed by atoms with van der Waals surface area (Å²) < 4.78 is 23.4. The molecule has 1 heterocycles. The van der Waals surface area contributed by atoms with E-state index < -0.39 is 7.60 Å². The van der Waals surface area contributed by atoms with Crippen molar-refractivity contribution in [1.29, 1.82) is 0 Å². The molecule has 1 rings (SSSR count). The number of hydrogen-bond donors (Lipinski definition) is 0. The predicted molar refractivity (Wildman–Crippen MR) is 68.1 cm³/mol. The molecule has 0 aliphatic heterocycles. The van der Waals surface area contributed by atoms with Crippen molar-refractivity contribution in [2.75, 3.05) is 0 Å². The molecule has 0 unspecified atom stereocenters. The quantitative estimate of drug-likeness (QED) is 0.717. The lowest BCUT2D eigenvalue weighted by Crippen LogP contribution is -2.09. The normalized spacial score (nSPS) is 12.6. The zero-order valence-electron chi connectivity index (χ0n) is 10.2. The van der Waals surface area contributed by atoms with Crippen molar-refractivity contribution >= 4 is 18.9 Å². The van der Waals surface area contributed by atoms with Crippen LogP contribution in [0, 0.1) is 0 Å². The first-order valence-electron chi connectivity index (χ1n) is 5.39. The lowest BCUT2D eigenvalue weighted by atomic mass is 10.5. The standard InChI is InChI=1S/C11H19O3PS/c1-9(2)13-15(12,14-10(3)4)8-11-6-5-7-16-11/h5-7,9-10H,8H2,1-4H3. The maximum atomic E-state index is 12.5. The third-order valence-electron chi connectivity index (χ3n) is 1.67. The van der Waals surface area contributed by atoms with E-state index in [0.29, 0.717) is 6.16 Å². The van der Waals surface area contributed by atoms with Gasteiger partial charge in [0.1, 0.15) is 0 Å². The molecule has 0 radical (unpaired) electrons. The van der Waals surface area contributed by atoms with Crippen molar-refractivity contribution in [2.45, 2.75) is 46.1 Å². The third-order valence-corrected chi connectivity index (χ3v) is 4.98. The first kappa shape index (κ1) is 13.9. The SMILES string of the molecule is CC(C)OP(=O)(Cc1cccs1)OC(C)C. The number of hydrogen-bond acceptors (Lipinski definition) is 4. The molecular formula is C11H19O3PS.